The summed E-state index contributed by atoms with van der Waals surface area (Å²) in [5.74, 6) is 0.382. The molecule has 1 saturated heterocycles. The van der Waals surface area contributed by atoms with Gasteiger partial charge in [0.05, 0.1) is 29.2 Å². The first kappa shape index (κ1) is 16.0. The maximum atomic E-state index is 11.9. The van der Waals surface area contributed by atoms with Gasteiger partial charge in [0.15, 0.2) is 0 Å². The van der Waals surface area contributed by atoms with Crippen LogP contribution < -0.4 is 16.4 Å². The number of carbonyl (C=O) groups is 1. The van der Waals surface area contributed by atoms with E-state index in [9.17, 15) is 4.79 Å². The van der Waals surface area contributed by atoms with E-state index in [1.807, 2.05) is 0 Å². The third-order valence-corrected chi connectivity index (χ3v) is 5.21. The number of fused-ring (bicyclic) bond motifs is 1. The molecule has 1 aromatic rings. The van der Waals surface area contributed by atoms with Gasteiger partial charge in [-0.15, -0.1) is 0 Å². The van der Waals surface area contributed by atoms with Gasteiger partial charge in [0, 0.05) is 12.6 Å². The summed E-state index contributed by atoms with van der Waals surface area (Å²) in [6, 6.07) is 3.95. The molecule has 0 radical (unpaired) electrons. The normalized spacial score (nSPS) is 24.1. The molecule has 2 atom stereocenters. The van der Waals surface area contributed by atoms with Gasteiger partial charge in [0.1, 0.15) is 0 Å². The van der Waals surface area contributed by atoms with Gasteiger partial charge in [-0.2, -0.15) is 0 Å². The summed E-state index contributed by atoms with van der Waals surface area (Å²) >= 11 is 0. The molecule has 1 aliphatic heterocycles. The molecule has 0 amide bonds. The van der Waals surface area contributed by atoms with Crippen LogP contribution in [-0.4, -0.2) is 25.2 Å². The van der Waals surface area contributed by atoms with E-state index in [4.69, 9.17) is 16.2 Å². The molecule has 5 nitrogen and oxygen atoms in total. The first-order valence-corrected chi connectivity index (χ1v) is 8.74. The molecule has 1 heterocycles. The Morgan fingerprint density at radius 3 is 2.52 bits per heavy atom. The summed E-state index contributed by atoms with van der Waals surface area (Å²) in [7, 11) is 0. The van der Waals surface area contributed by atoms with Crippen LogP contribution in [0, 0.1) is 5.92 Å². The van der Waals surface area contributed by atoms with E-state index >= 15 is 0 Å². The number of nitrogens with zero attached hydrogens (tertiary/aromatic N) is 1. The van der Waals surface area contributed by atoms with Crippen LogP contribution in [0.5, 0.6) is 0 Å². The molecule has 2 aliphatic rings. The molecule has 4 N–H and O–H groups in total. The Kier molecular flexibility index (Phi) is 4.64. The number of anilines is 3. The molecule has 0 spiro atoms. The van der Waals surface area contributed by atoms with Crippen molar-refractivity contribution < 1.29 is 9.53 Å². The van der Waals surface area contributed by atoms with Gasteiger partial charge in [0.25, 0.3) is 0 Å². The fraction of sp³-hybridized carbons (Fsp3) is 0.611. The number of piperidine rings is 1. The highest BCUT2D eigenvalue weighted by Crippen LogP contribution is 2.42. The zero-order valence-corrected chi connectivity index (χ0v) is 13.9. The van der Waals surface area contributed by atoms with E-state index in [0.717, 1.165) is 18.2 Å². The van der Waals surface area contributed by atoms with Gasteiger partial charge in [-0.25, -0.2) is 4.79 Å². The number of esters is 1. The largest absolute Gasteiger partial charge is 0.462 e. The van der Waals surface area contributed by atoms with E-state index in [0.29, 0.717) is 29.6 Å². The van der Waals surface area contributed by atoms with Crippen molar-refractivity contribution in [2.45, 2.75) is 51.5 Å². The summed E-state index contributed by atoms with van der Waals surface area (Å²) < 4.78 is 5.05. The fourth-order valence-corrected chi connectivity index (χ4v) is 4.25. The number of ether oxygens (including phenoxy) is 1. The summed E-state index contributed by atoms with van der Waals surface area (Å²) in [6.45, 7) is 3.13. The zero-order valence-electron chi connectivity index (χ0n) is 13.9. The standard InChI is InChI=1S/C18H27N3O2/c1-2-23-18(22)13-10-14(19)17(15(20)11-13)21-9-5-7-12-6-3-4-8-16(12)21/h10-12,16H,2-9,19-20H2,1H3/t12-,16+/m1/s1. The van der Waals surface area contributed by atoms with Crippen molar-refractivity contribution in [3.05, 3.63) is 17.7 Å². The summed E-state index contributed by atoms with van der Waals surface area (Å²) in [5.41, 5.74) is 15.1. The smallest absolute Gasteiger partial charge is 0.338 e. The van der Waals surface area contributed by atoms with Gasteiger partial charge in [-0.05, 0) is 50.7 Å². The molecule has 1 aromatic carbocycles. The predicted molar refractivity (Wildman–Crippen MR) is 93.5 cm³/mol. The lowest BCUT2D eigenvalue weighted by atomic mass is 9.78. The van der Waals surface area contributed by atoms with Crippen LogP contribution in [0.4, 0.5) is 17.1 Å². The van der Waals surface area contributed by atoms with Crippen LogP contribution in [0.1, 0.15) is 55.8 Å². The Morgan fingerprint density at radius 2 is 1.83 bits per heavy atom. The molecule has 3 rings (SSSR count). The van der Waals surface area contributed by atoms with Crippen LogP contribution >= 0.6 is 0 Å². The molecular weight excluding hydrogens is 290 g/mol. The Labute approximate surface area is 138 Å². The molecule has 2 fully saturated rings. The average Bonchev–Trinajstić information content (AvgIpc) is 2.54. The molecule has 0 aromatic heterocycles. The number of hydrogen-bond acceptors (Lipinski definition) is 5. The van der Waals surface area contributed by atoms with Crippen molar-refractivity contribution in [1.82, 2.24) is 0 Å². The molecule has 1 aliphatic carbocycles. The van der Waals surface area contributed by atoms with Crippen LogP contribution in [0.25, 0.3) is 0 Å². The second kappa shape index (κ2) is 6.69. The monoisotopic (exact) mass is 317 g/mol. The highest BCUT2D eigenvalue weighted by Gasteiger charge is 2.35. The number of nitrogen functional groups attached to an aromatic ring is 2. The van der Waals surface area contributed by atoms with Crippen LogP contribution in [0.3, 0.4) is 0 Å². The van der Waals surface area contributed by atoms with Crippen molar-refractivity contribution in [3.8, 4) is 0 Å². The van der Waals surface area contributed by atoms with Crippen molar-refractivity contribution in [1.29, 1.82) is 0 Å². The number of benzene rings is 1. The minimum Gasteiger partial charge on any atom is -0.462 e. The number of rotatable bonds is 3. The molecule has 126 valence electrons. The van der Waals surface area contributed by atoms with Gasteiger partial charge in [0.2, 0.25) is 0 Å². The second-order valence-electron chi connectivity index (χ2n) is 6.67. The lowest BCUT2D eigenvalue weighted by Crippen LogP contribution is -2.47. The Balaban J connectivity index is 1.91. The lowest BCUT2D eigenvalue weighted by molar-refractivity contribution is 0.0526. The molecule has 5 heteroatoms. The molecule has 23 heavy (non-hydrogen) atoms. The minimum atomic E-state index is -0.369. The lowest BCUT2D eigenvalue weighted by Gasteiger charge is -2.46. The van der Waals surface area contributed by atoms with E-state index in [1.54, 1.807) is 19.1 Å². The SMILES string of the molecule is CCOC(=O)c1cc(N)c(N2CCC[C@H]3CCCC[C@@H]32)c(N)c1. The van der Waals surface area contributed by atoms with E-state index < -0.39 is 0 Å². The van der Waals surface area contributed by atoms with Crippen LogP contribution in [0.2, 0.25) is 0 Å². The minimum absolute atomic E-state index is 0.344. The number of carbonyl (C=O) groups excluding carboxylic acids is 1. The summed E-state index contributed by atoms with van der Waals surface area (Å²) in [5, 5.41) is 0. The number of hydrogen-bond donors (Lipinski definition) is 2. The van der Waals surface area contributed by atoms with Crippen molar-refractivity contribution in [2.75, 3.05) is 29.5 Å². The first-order chi connectivity index (χ1) is 11.1. The Bertz CT molecular complexity index is 563. The van der Waals surface area contributed by atoms with Crippen LogP contribution in [-0.2, 0) is 4.74 Å². The Morgan fingerprint density at radius 1 is 1.17 bits per heavy atom. The third-order valence-electron chi connectivity index (χ3n) is 5.21. The Hall–Kier alpha value is -1.91. The van der Waals surface area contributed by atoms with E-state index in [1.165, 1.54) is 38.5 Å². The molecule has 1 saturated carbocycles. The second-order valence-corrected chi connectivity index (χ2v) is 6.67. The first-order valence-electron chi connectivity index (χ1n) is 8.74. The third kappa shape index (κ3) is 3.09. The van der Waals surface area contributed by atoms with Gasteiger partial charge >= 0.3 is 5.97 Å². The van der Waals surface area contributed by atoms with Crippen molar-refractivity contribution >= 4 is 23.0 Å². The average molecular weight is 317 g/mol. The quantitative estimate of drug-likeness (QED) is 0.661. The molecule has 0 unspecified atom stereocenters. The predicted octanol–water partition coefficient (Wildman–Crippen LogP) is 3.19. The number of nitrogens with two attached hydrogens (primary N) is 2. The highest BCUT2D eigenvalue weighted by atomic mass is 16.5. The van der Waals surface area contributed by atoms with Crippen molar-refractivity contribution in [2.24, 2.45) is 5.92 Å². The van der Waals surface area contributed by atoms with E-state index in [-0.39, 0.29) is 5.97 Å². The fourth-order valence-electron chi connectivity index (χ4n) is 4.25. The van der Waals surface area contributed by atoms with E-state index in [2.05, 4.69) is 4.90 Å². The van der Waals surface area contributed by atoms with Gasteiger partial charge < -0.3 is 21.1 Å². The van der Waals surface area contributed by atoms with Gasteiger partial charge in [-0.1, -0.05) is 12.8 Å². The van der Waals surface area contributed by atoms with Crippen LogP contribution in [0.15, 0.2) is 12.1 Å². The molecular formula is C18H27N3O2. The maximum Gasteiger partial charge on any atom is 0.338 e. The van der Waals surface area contributed by atoms with Gasteiger partial charge in [-0.3, -0.25) is 0 Å². The van der Waals surface area contributed by atoms with Crippen molar-refractivity contribution in [3.63, 3.8) is 0 Å². The summed E-state index contributed by atoms with van der Waals surface area (Å²) in [4.78, 5) is 14.3. The zero-order chi connectivity index (χ0) is 16.4. The summed E-state index contributed by atoms with van der Waals surface area (Å²) in [6.07, 6.45) is 7.62. The maximum absolute atomic E-state index is 11.9. The topological polar surface area (TPSA) is 81.6 Å². The molecule has 0 bridgehead atoms. The highest BCUT2D eigenvalue weighted by molar-refractivity contribution is 5.95.